The molecular weight excluding hydrogens is 222 g/mol. The summed E-state index contributed by atoms with van der Waals surface area (Å²) in [7, 11) is 0. The molecule has 1 aliphatic rings. The van der Waals surface area contributed by atoms with E-state index in [0.717, 1.165) is 0 Å². The van der Waals surface area contributed by atoms with Gasteiger partial charge in [0, 0.05) is 13.1 Å². The minimum atomic E-state index is -0.581. The molecule has 84 valence electrons. The molecule has 1 fully saturated rings. The number of hydrogen-bond donors (Lipinski definition) is 2. The predicted octanol–water partition coefficient (Wildman–Crippen LogP) is -0.718. The van der Waals surface area contributed by atoms with Crippen molar-refractivity contribution in [1.82, 2.24) is 15.5 Å². The molecule has 1 rings (SSSR count). The Bertz CT molecular complexity index is 295. The van der Waals surface area contributed by atoms with Crippen LogP contribution in [0.15, 0.2) is 0 Å². The van der Waals surface area contributed by atoms with Crippen LogP contribution in [0.3, 0.4) is 0 Å². The quantitative estimate of drug-likeness (QED) is 0.587. The van der Waals surface area contributed by atoms with Crippen LogP contribution >= 0.6 is 11.6 Å². The average Bonchev–Trinajstić information content (AvgIpc) is 2.21. The van der Waals surface area contributed by atoms with E-state index < -0.39 is 18.0 Å². The van der Waals surface area contributed by atoms with E-state index in [-0.39, 0.29) is 11.8 Å². The van der Waals surface area contributed by atoms with Crippen molar-refractivity contribution in [2.45, 2.75) is 13.0 Å². The number of carbonyl (C=O) groups is 3. The number of hydrogen-bond acceptors (Lipinski definition) is 3. The molecule has 6 nitrogen and oxygen atoms in total. The Balaban J connectivity index is 2.58. The fourth-order valence-corrected chi connectivity index (χ4v) is 1.35. The van der Waals surface area contributed by atoms with Gasteiger partial charge in [-0.2, -0.15) is 0 Å². The summed E-state index contributed by atoms with van der Waals surface area (Å²) in [5.41, 5.74) is 0. The van der Waals surface area contributed by atoms with Gasteiger partial charge in [0.15, 0.2) is 0 Å². The molecule has 0 aromatic carbocycles. The van der Waals surface area contributed by atoms with Crippen LogP contribution in [0.1, 0.15) is 6.92 Å². The van der Waals surface area contributed by atoms with Gasteiger partial charge in [-0.3, -0.25) is 14.9 Å². The van der Waals surface area contributed by atoms with Crippen LogP contribution in [0, 0.1) is 0 Å². The molecule has 1 unspecified atom stereocenters. The first kappa shape index (κ1) is 11.8. The van der Waals surface area contributed by atoms with Crippen LogP contribution < -0.4 is 10.6 Å². The number of rotatable bonds is 1. The number of imide groups is 1. The number of carbonyl (C=O) groups excluding carboxylic acids is 3. The van der Waals surface area contributed by atoms with Crippen LogP contribution in [0.25, 0.3) is 0 Å². The maximum Gasteiger partial charge on any atom is 0.324 e. The summed E-state index contributed by atoms with van der Waals surface area (Å²) < 4.78 is 0. The van der Waals surface area contributed by atoms with Crippen molar-refractivity contribution in [2.75, 3.05) is 19.0 Å². The third-order valence-electron chi connectivity index (χ3n) is 2.13. The normalized spacial score (nSPS) is 20.8. The number of urea groups is 1. The molecule has 0 saturated carbocycles. The van der Waals surface area contributed by atoms with E-state index in [1.54, 1.807) is 6.92 Å². The van der Waals surface area contributed by atoms with E-state index in [4.69, 9.17) is 11.6 Å². The summed E-state index contributed by atoms with van der Waals surface area (Å²) in [6, 6.07) is -1.15. The van der Waals surface area contributed by atoms with Gasteiger partial charge in [-0.25, -0.2) is 4.79 Å². The number of nitrogens with one attached hydrogen (secondary N) is 2. The first-order valence-electron chi connectivity index (χ1n) is 4.50. The van der Waals surface area contributed by atoms with Gasteiger partial charge in [0.05, 0.1) is 0 Å². The molecular formula is C8H12ClN3O3. The summed E-state index contributed by atoms with van der Waals surface area (Å²) >= 11 is 5.24. The number of alkyl halides is 1. The molecule has 2 N–H and O–H groups in total. The molecule has 0 spiro atoms. The number of amides is 4. The third kappa shape index (κ3) is 2.82. The zero-order valence-electron chi connectivity index (χ0n) is 8.25. The van der Waals surface area contributed by atoms with Gasteiger partial charge < -0.3 is 10.2 Å². The second kappa shape index (κ2) is 4.97. The Kier molecular flexibility index (Phi) is 3.90. The third-order valence-corrected chi connectivity index (χ3v) is 2.37. The molecule has 1 aliphatic heterocycles. The Morgan fingerprint density at radius 1 is 1.67 bits per heavy atom. The predicted molar refractivity (Wildman–Crippen MR) is 53.4 cm³/mol. The van der Waals surface area contributed by atoms with Crippen molar-refractivity contribution in [3.63, 3.8) is 0 Å². The van der Waals surface area contributed by atoms with Gasteiger partial charge in [0.2, 0.25) is 11.8 Å². The van der Waals surface area contributed by atoms with Crippen LogP contribution in [0.4, 0.5) is 4.79 Å². The maximum atomic E-state index is 11.5. The minimum Gasteiger partial charge on any atom is -0.353 e. The van der Waals surface area contributed by atoms with Crippen molar-refractivity contribution in [2.24, 2.45) is 0 Å². The van der Waals surface area contributed by atoms with Gasteiger partial charge in [0.25, 0.3) is 0 Å². The average molecular weight is 234 g/mol. The lowest BCUT2D eigenvalue weighted by Crippen LogP contribution is -2.58. The van der Waals surface area contributed by atoms with Gasteiger partial charge >= 0.3 is 6.03 Å². The number of nitrogens with zero attached hydrogens (tertiary/aromatic N) is 1. The molecule has 4 amide bonds. The highest BCUT2D eigenvalue weighted by Gasteiger charge is 2.29. The van der Waals surface area contributed by atoms with E-state index in [9.17, 15) is 14.4 Å². The Morgan fingerprint density at radius 3 is 2.93 bits per heavy atom. The zero-order chi connectivity index (χ0) is 11.4. The first-order chi connectivity index (χ1) is 7.06. The van der Waals surface area contributed by atoms with E-state index in [1.807, 2.05) is 0 Å². The van der Waals surface area contributed by atoms with Crippen molar-refractivity contribution >= 4 is 29.4 Å². The summed E-state index contributed by atoms with van der Waals surface area (Å²) in [5.74, 6) is -1.07. The summed E-state index contributed by atoms with van der Waals surface area (Å²) in [4.78, 5) is 34.9. The highest BCUT2D eigenvalue weighted by molar-refractivity contribution is 6.28. The van der Waals surface area contributed by atoms with E-state index in [1.165, 1.54) is 4.90 Å². The van der Waals surface area contributed by atoms with Crippen molar-refractivity contribution in [3.05, 3.63) is 0 Å². The monoisotopic (exact) mass is 233 g/mol. The van der Waals surface area contributed by atoms with Gasteiger partial charge in [-0.1, -0.05) is 0 Å². The summed E-state index contributed by atoms with van der Waals surface area (Å²) in [5, 5.41) is 4.70. The lowest BCUT2D eigenvalue weighted by molar-refractivity contribution is -0.127. The number of piperazine rings is 1. The largest absolute Gasteiger partial charge is 0.353 e. The molecule has 0 aromatic heterocycles. The lowest BCUT2D eigenvalue weighted by Gasteiger charge is -2.32. The SMILES string of the molecule is CC1C(=O)NCCN1C(=O)NC(=O)CCl. The van der Waals surface area contributed by atoms with E-state index >= 15 is 0 Å². The highest BCUT2D eigenvalue weighted by atomic mass is 35.5. The fraction of sp³-hybridized carbons (Fsp3) is 0.625. The van der Waals surface area contributed by atoms with Gasteiger partial charge in [0.1, 0.15) is 11.9 Å². The molecule has 7 heteroatoms. The molecule has 0 aromatic rings. The maximum absolute atomic E-state index is 11.5. The molecule has 0 bridgehead atoms. The second-order valence-corrected chi connectivity index (χ2v) is 3.41. The first-order valence-corrected chi connectivity index (χ1v) is 5.04. The van der Waals surface area contributed by atoms with Gasteiger partial charge in [-0.15, -0.1) is 11.6 Å². The Morgan fingerprint density at radius 2 is 2.33 bits per heavy atom. The highest BCUT2D eigenvalue weighted by Crippen LogP contribution is 2.03. The van der Waals surface area contributed by atoms with Crippen molar-refractivity contribution < 1.29 is 14.4 Å². The topological polar surface area (TPSA) is 78.5 Å². The fourth-order valence-electron chi connectivity index (χ4n) is 1.28. The molecule has 0 aliphatic carbocycles. The number of halogens is 1. The van der Waals surface area contributed by atoms with Crippen molar-refractivity contribution in [3.8, 4) is 0 Å². The minimum absolute atomic E-state index is 0.227. The Hall–Kier alpha value is -1.30. The zero-order valence-corrected chi connectivity index (χ0v) is 9.00. The standard InChI is InChI=1S/C8H12ClN3O3/c1-5-7(14)10-2-3-12(5)8(15)11-6(13)4-9/h5H,2-4H2,1H3,(H,10,14)(H,11,13,15). The molecule has 15 heavy (non-hydrogen) atoms. The summed E-state index contributed by atoms with van der Waals surface area (Å²) in [6.07, 6.45) is 0. The van der Waals surface area contributed by atoms with Crippen LogP contribution in [0.2, 0.25) is 0 Å². The Labute approximate surface area is 91.9 Å². The molecule has 1 heterocycles. The van der Waals surface area contributed by atoms with E-state index in [2.05, 4.69) is 10.6 Å². The second-order valence-electron chi connectivity index (χ2n) is 3.15. The van der Waals surface area contributed by atoms with E-state index in [0.29, 0.717) is 13.1 Å². The molecule has 1 atom stereocenters. The summed E-state index contributed by atoms with van der Waals surface area (Å²) in [6.45, 7) is 2.37. The van der Waals surface area contributed by atoms with Gasteiger partial charge in [-0.05, 0) is 6.92 Å². The molecule has 1 saturated heterocycles. The van der Waals surface area contributed by atoms with Crippen molar-refractivity contribution in [1.29, 1.82) is 0 Å². The molecule has 0 radical (unpaired) electrons. The van der Waals surface area contributed by atoms with Crippen LogP contribution in [0.5, 0.6) is 0 Å². The smallest absolute Gasteiger partial charge is 0.324 e. The lowest BCUT2D eigenvalue weighted by atomic mass is 10.2. The van der Waals surface area contributed by atoms with Crippen LogP contribution in [-0.4, -0.2) is 47.8 Å². The van der Waals surface area contributed by atoms with Crippen LogP contribution in [-0.2, 0) is 9.59 Å².